The highest BCUT2D eigenvalue weighted by molar-refractivity contribution is 7.99. The summed E-state index contributed by atoms with van der Waals surface area (Å²) >= 11 is 1.23. The van der Waals surface area contributed by atoms with Crippen LogP contribution < -0.4 is 5.32 Å². The lowest BCUT2D eigenvalue weighted by molar-refractivity contribution is -0.129. The summed E-state index contributed by atoms with van der Waals surface area (Å²) < 4.78 is 40.9. The maximum atomic E-state index is 12.0. The van der Waals surface area contributed by atoms with Crippen molar-refractivity contribution in [3.63, 3.8) is 0 Å². The van der Waals surface area contributed by atoms with Gasteiger partial charge in [-0.2, -0.15) is 13.2 Å². The van der Waals surface area contributed by atoms with E-state index in [0.717, 1.165) is 23.5 Å². The van der Waals surface area contributed by atoms with Gasteiger partial charge in [0.1, 0.15) is 0 Å². The van der Waals surface area contributed by atoms with Crippen molar-refractivity contribution in [3.8, 4) is 0 Å². The maximum Gasteiger partial charge on any atom is 0.389 e. The van der Waals surface area contributed by atoms with Crippen LogP contribution in [-0.2, 0) is 11.3 Å². The fourth-order valence-corrected chi connectivity index (χ4v) is 2.29. The number of nitrogens with one attached hydrogen (secondary N) is 1. The summed E-state index contributed by atoms with van der Waals surface area (Å²) in [6.07, 6.45) is -4.82. The SMILES string of the molecule is COCCNCc1ccc(SCCC(F)(F)F)cc1. The lowest BCUT2D eigenvalue weighted by Gasteiger charge is -2.07. The van der Waals surface area contributed by atoms with Crippen molar-refractivity contribution in [2.75, 3.05) is 26.0 Å². The van der Waals surface area contributed by atoms with Crippen LogP contribution in [0.2, 0.25) is 0 Å². The molecule has 19 heavy (non-hydrogen) atoms. The first-order valence-corrected chi connectivity index (χ1v) is 6.98. The van der Waals surface area contributed by atoms with Gasteiger partial charge in [0.25, 0.3) is 0 Å². The molecule has 0 radical (unpaired) electrons. The zero-order valence-corrected chi connectivity index (χ0v) is 11.6. The number of halogens is 3. The highest BCUT2D eigenvalue weighted by Crippen LogP contribution is 2.26. The molecule has 0 unspecified atom stereocenters. The Morgan fingerprint density at radius 2 is 1.89 bits per heavy atom. The van der Waals surface area contributed by atoms with Gasteiger partial charge in [-0.1, -0.05) is 12.1 Å². The van der Waals surface area contributed by atoms with E-state index in [1.54, 1.807) is 7.11 Å². The second-order valence-electron chi connectivity index (χ2n) is 4.03. The van der Waals surface area contributed by atoms with E-state index in [-0.39, 0.29) is 5.75 Å². The number of alkyl halides is 3. The molecule has 6 heteroatoms. The summed E-state index contributed by atoms with van der Waals surface area (Å²) in [5, 5.41) is 3.20. The Kier molecular flexibility index (Phi) is 7.27. The Labute approximate surface area is 115 Å². The number of hydrogen-bond acceptors (Lipinski definition) is 3. The molecule has 0 heterocycles. The van der Waals surface area contributed by atoms with E-state index in [0.29, 0.717) is 6.61 Å². The van der Waals surface area contributed by atoms with Gasteiger partial charge in [0, 0.05) is 30.8 Å². The molecule has 0 saturated heterocycles. The number of rotatable bonds is 8. The predicted octanol–water partition coefficient (Wildman–Crippen LogP) is 3.47. The minimum Gasteiger partial charge on any atom is -0.383 e. The Balaban J connectivity index is 2.27. The molecule has 0 amide bonds. The average Bonchev–Trinajstić information content (AvgIpc) is 2.35. The van der Waals surface area contributed by atoms with Crippen molar-refractivity contribution in [1.29, 1.82) is 0 Å². The zero-order valence-electron chi connectivity index (χ0n) is 10.8. The summed E-state index contributed by atoms with van der Waals surface area (Å²) in [4.78, 5) is 0.866. The molecule has 0 aliphatic carbocycles. The van der Waals surface area contributed by atoms with Crippen LogP contribution in [0.5, 0.6) is 0 Å². The van der Waals surface area contributed by atoms with Crippen molar-refractivity contribution < 1.29 is 17.9 Å². The van der Waals surface area contributed by atoms with Crippen LogP contribution in [0.15, 0.2) is 29.2 Å². The van der Waals surface area contributed by atoms with E-state index in [4.69, 9.17) is 4.74 Å². The van der Waals surface area contributed by atoms with E-state index in [1.807, 2.05) is 24.3 Å². The minimum absolute atomic E-state index is 0.0644. The fourth-order valence-electron chi connectivity index (χ4n) is 1.40. The lowest BCUT2D eigenvalue weighted by Crippen LogP contribution is -2.18. The molecule has 0 bridgehead atoms. The first kappa shape index (κ1) is 16.3. The molecule has 0 aromatic heterocycles. The summed E-state index contributed by atoms with van der Waals surface area (Å²) in [5.74, 6) is 0.0644. The molecule has 1 aromatic carbocycles. The number of methoxy groups -OCH3 is 1. The largest absolute Gasteiger partial charge is 0.389 e. The predicted molar refractivity (Wildman–Crippen MR) is 71.4 cm³/mol. The maximum absolute atomic E-state index is 12.0. The number of ether oxygens (including phenoxy) is 1. The van der Waals surface area contributed by atoms with Gasteiger partial charge < -0.3 is 10.1 Å². The highest BCUT2D eigenvalue weighted by Gasteiger charge is 2.26. The summed E-state index contributed by atoms with van der Waals surface area (Å²) in [6, 6.07) is 7.56. The molecular formula is C13H18F3NOS. The summed E-state index contributed by atoms with van der Waals surface area (Å²) in [7, 11) is 1.65. The highest BCUT2D eigenvalue weighted by atomic mass is 32.2. The van der Waals surface area contributed by atoms with E-state index >= 15 is 0 Å². The Hall–Kier alpha value is -0.720. The van der Waals surface area contributed by atoms with E-state index < -0.39 is 12.6 Å². The molecule has 2 nitrogen and oxygen atoms in total. The van der Waals surface area contributed by atoms with Crippen LogP contribution in [0, 0.1) is 0 Å². The second kappa shape index (κ2) is 8.45. The topological polar surface area (TPSA) is 21.3 Å². The van der Waals surface area contributed by atoms with Gasteiger partial charge in [-0.25, -0.2) is 0 Å². The van der Waals surface area contributed by atoms with Crippen LogP contribution in [0.1, 0.15) is 12.0 Å². The van der Waals surface area contributed by atoms with Gasteiger partial charge in [-0.15, -0.1) is 11.8 Å². The third-order valence-corrected chi connectivity index (χ3v) is 3.40. The molecule has 108 valence electrons. The van der Waals surface area contributed by atoms with E-state index in [2.05, 4.69) is 5.32 Å². The molecule has 0 fully saturated rings. The molecule has 1 rings (SSSR count). The molecule has 0 aliphatic heterocycles. The van der Waals surface area contributed by atoms with Gasteiger partial charge in [-0.3, -0.25) is 0 Å². The zero-order chi connectivity index (χ0) is 14.1. The third kappa shape index (κ3) is 8.13. The van der Waals surface area contributed by atoms with Crippen molar-refractivity contribution in [2.24, 2.45) is 0 Å². The number of hydrogen-bond donors (Lipinski definition) is 1. The van der Waals surface area contributed by atoms with Crippen molar-refractivity contribution in [2.45, 2.75) is 24.0 Å². The van der Waals surface area contributed by atoms with Crippen LogP contribution in [0.3, 0.4) is 0 Å². The molecule has 0 spiro atoms. The summed E-state index contributed by atoms with van der Waals surface area (Å²) in [5.41, 5.74) is 1.11. The van der Waals surface area contributed by atoms with Crippen molar-refractivity contribution in [3.05, 3.63) is 29.8 Å². The number of thioether (sulfide) groups is 1. The first-order chi connectivity index (χ1) is 9.01. The molecule has 1 aromatic rings. The average molecular weight is 293 g/mol. The van der Waals surface area contributed by atoms with Crippen LogP contribution in [0.25, 0.3) is 0 Å². The van der Waals surface area contributed by atoms with Gasteiger partial charge in [0.15, 0.2) is 0 Å². The Morgan fingerprint density at radius 3 is 2.47 bits per heavy atom. The summed E-state index contributed by atoms with van der Waals surface area (Å²) in [6.45, 7) is 2.17. The molecule has 0 saturated carbocycles. The molecular weight excluding hydrogens is 275 g/mol. The third-order valence-electron chi connectivity index (χ3n) is 2.39. The van der Waals surface area contributed by atoms with E-state index in [1.165, 1.54) is 11.8 Å². The minimum atomic E-state index is -4.07. The second-order valence-corrected chi connectivity index (χ2v) is 5.20. The normalized spacial score (nSPS) is 11.8. The number of benzene rings is 1. The smallest absolute Gasteiger partial charge is 0.383 e. The quantitative estimate of drug-likeness (QED) is 0.586. The van der Waals surface area contributed by atoms with Crippen LogP contribution in [-0.4, -0.2) is 32.2 Å². The first-order valence-electron chi connectivity index (χ1n) is 5.99. The van der Waals surface area contributed by atoms with Crippen LogP contribution in [0.4, 0.5) is 13.2 Å². The van der Waals surface area contributed by atoms with Crippen molar-refractivity contribution >= 4 is 11.8 Å². The lowest BCUT2D eigenvalue weighted by atomic mass is 10.2. The Morgan fingerprint density at radius 1 is 1.21 bits per heavy atom. The molecule has 0 aliphatic rings. The van der Waals surface area contributed by atoms with Gasteiger partial charge in [0.05, 0.1) is 13.0 Å². The standard InChI is InChI=1S/C13H18F3NOS/c1-18-8-7-17-10-11-2-4-12(5-3-11)19-9-6-13(14,15)16/h2-5,17H,6-10H2,1H3. The van der Waals surface area contributed by atoms with E-state index in [9.17, 15) is 13.2 Å². The fraction of sp³-hybridized carbons (Fsp3) is 0.538. The van der Waals surface area contributed by atoms with Crippen molar-refractivity contribution in [1.82, 2.24) is 5.32 Å². The van der Waals surface area contributed by atoms with Gasteiger partial charge in [-0.05, 0) is 17.7 Å². The molecule has 1 N–H and O–H groups in total. The molecule has 0 atom stereocenters. The Bertz CT molecular complexity index is 354. The van der Waals surface area contributed by atoms with Gasteiger partial charge >= 0.3 is 6.18 Å². The monoisotopic (exact) mass is 293 g/mol. The van der Waals surface area contributed by atoms with Crippen LogP contribution >= 0.6 is 11.8 Å². The van der Waals surface area contributed by atoms with Gasteiger partial charge in [0.2, 0.25) is 0 Å².